The summed E-state index contributed by atoms with van der Waals surface area (Å²) >= 11 is 0. The largest absolute Gasteiger partial charge is 0.389 e. The lowest BCUT2D eigenvalue weighted by molar-refractivity contribution is 0.0345. The lowest BCUT2D eigenvalue weighted by atomic mass is 9.67. The smallest absolute Gasteiger partial charge is 0.191 e. The Morgan fingerprint density at radius 3 is 2.71 bits per heavy atom. The van der Waals surface area contributed by atoms with Crippen LogP contribution in [0.5, 0.6) is 0 Å². The van der Waals surface area contributed by atoms with Crippen molar-refractivity contribution in [1.29, 1.82) is 0 Å². The van der Waals surface area contributed by atoms with Crippen LogP contribution in [0.3, 0.4) is 0 Å². The minimum atomic E-state index is -0.501. The molecule has 0 amide bonds. The lowest BCUT2D eigenvalue weighted by Gasteiger charge is -2.40. The van der Waals surface area contributed by atoms with E-state index in [-0.39, 0.29) is 0 Å². The molecule has 0 saturated heterocycles. The van der Waals surface area contributed by atoms with Gasteiger partial charge in [0.2, 0.25) is 0 Å². The van der Waals surface area contributed by atoms with Crippen LogP contribution in [0, 0.1) is 11.3 Å². The van der Waals surface area contributed by atoms with Crippen LogP contribution in [0.1, 0.15) is 45.4 Å². The second-order valence-corrected chi connectivity index (χ2v) is 7.31. The van der Waals surface area contributed by atoms with Gasteiger partial charge in [0.15, 0.2) is 5.96 Å². The first kappa shape index (κ1) is 19.5. The molecular formula is C18H35N3O3. The third-order valence-electron chi connectivity index (χ3n) is 5.03. The second kappa shape index (κ2) is 10.2. The summed E-state index contributed by atoms with van der Waals surface area (Å²) in [7, 11) is 1.76. The topological polar surface area (TPSA) is 75.1 Å². The third kappa shape index (κ3) is 6.95. The molecule has 2 aliphatic rings. The van der Waals surface area contributed by atoms with Crippen LogP contribution < -0.4 is 10.6 Å². The van der Waals surface area contributed by atoms with E-state index in [2.05, 4.69) is 17.6 Å². The van der Waals surface area contributed by atoms with Crippen molar-refractivity contribution in [1.82, 2.24) is 10.6 Å². The molecule has 0 aromatic heterocycles. The number of rotatable bonds is 12. The van der Waals surface area contributed by atoms with Crippen LogP contribution in [0.4, 0.5) is 0 Å². The standard InChI is InChI=1S/C18H35N3O3/c1-3-19-17(20-11-16(22)13-24-12-15-5-6-15)21-14-18(7-4-8-18)9-10-23-2/h15-16,22H,3-14H2,1-2H3,(H2,19,20,21). The number of aliphatic hydroxyl groups is 1. The highest BCUT2D eigenvalue weighted by atomic mass is 16.5. The molecule has 1 unspecified atom stereocenters. The Kier molecular flexibility index (Phi) is 8.29. The fourth-order valence-electron chi connectivity index (χ4n) is 3.00. The Labute approximate surface area is 146 Å². The zero-order valence-electron chi connectivity index (χ0n) is 15.4. The van der Waals surface area contributed by atoms with E-state index in [4.69, 9.17) is 14.5 Å². The van der Waals surface area contributed by atoms with E-state index in [9.17, 15) is 5.11 Å². The first-order valence-corrected chi connectivity index (χ1v) is 9.44. The maximum Gasteiger partial charge on any atom is 0.191 e. The number of ether oxygens (including phenoxy) is 2. The summed E-state index contributed by atoms with van der Waals surface area (Å²) in [5.41, 5.74) is 0.310. The number of hydrogen-bond donors (Lipinski definition) is 3. The van der Waals surface area contributed by atoms with Crippen molar-refractivity contribution in [3.8, 4) is 0 Å². The van der Waals surface area contributed by atoms with Crippen LogP contribution in [-0.2, 0) is 9.47 Å². The van der Waals surface area contributed by atoms with Gasteiger partial charge in [0, 0.05) is 40.0 Å². The minimum Gasteiger partial charge on any atom is -0.389 e. The number of methoxy groups -OCH3 is 1. The van der Waals surface area contributed by atoms with E-state index < -0.39 is 6.10 Å². The van der Waals surface area contributed by atoms with Crippen LogP contribution in [0.15, 0.2) is 4.99 Å². The fraction of sp³-hybridized carbons (Fsp3) is 0.944. The molecule has 0 radical (unpaired) electrons. The molecule has 1 atom stereocenters. The van der Waals surface area contributed by atoms with Gasteiger partial charge < -0.3 is 25.2 Å². The maximum atomic E-state index is 10.0. The highest BCUT2D eigenvalue weighted by Crippen LogP contribution is 2.44. The SMILES string of the molecule is CCNC(=NCC1(CCOC)CCC1)NCC(O)COCC1CC1. The van der Waals surface area contributed by atoms with Crippen molar-refractivity contribution >= 4 is 5.96 Å². The Morgan fingerprint density at radius 2 is 2.12 bits per heavy atom. The predicted octanol–water partition coefficient (Wildman–Crippen LogP) is 1.54. The first-order chi connectivity index (χ1) is 11.7. The van der Waals surface area contributed by atoms with Crippen molar-refractivity contribution in [2.45, 2.75) is 51.6 Å². The maximum absolute atomic E-state index is 10.0. The number of nitrogens with zero attached hydrogens (tertiary/aromatic N) is 1. The molecule has 3 N–H and O–H groups in total. The molecule has 2 saturated carbocycles. The Hall–Kier alpha value is -0.850. The van der Waals surface area contributed by atoms with Crippen molar-refractivity contribution in [2.75, 3.05) is 46.6 Å². The van der Waals surface area contributed by atoms with Crippen LogP contribution in [-0.4, -0.2) is 63.7 Å². The van der Waals surface area contributed by atoms with Gasteiger partial charge in [-0.25, -0.2) is 0 Å². The molecule has 24 heavy (non-hydrogen) atoms. The Bertz CT molecular complexity index is 382. The number of nitrogens with one attached hydrogen (secondary N) is 2. The zero-order chi connectivity index (χ0) is 17.3. The van der Waals surface area contributed by atoms with Gasteiger partial charge in [-0.2, -0.15) is 0 Å². The van der Waals surface area contributed by atoms with Crippen LogP contribution in [0.2, 0.25) is 0 Å². The van der Waals surface area contributed by atoms with Crippen molar-refractivity contribution in [3.63, 3.8) is 0 Å². The summed E-state index contributed by atoms with van der Waals surface area (Å²) < 4.78 is 10.8. The molecule has 140 valence electrons. The summed E-state index contributed by atoms with van der Waals surface area (Å²) in [6.07, 6.45) is 6.88. The number of aliphatic hydroxyl groups excluding tert-OH is 1. The van der Waals surface area contributed by atoms with Crippen LogP contribution >= 0.6 is 0 Å². The number of aliphatic imine (C=N–C) groups is 1. The fourth-order valence-corrected chi connectivity index (χ4v) is 3.00. The van der Waals surface area contributed by atoms with E-state index >= 15 is 0 Å². The van der Waals surface area contributed by atoms with Crippen LogP contribution in [0.25, 0.3) is 0 Å². The van der Waals surface area contributed by atoms with Gasteiger partial charge >= 0.3 is 0 Å². The van der Waals surface area contributed by atoms with Gasteiger partial charge in [0.25, 0.3) is 0 Å². The highest BCUT2D eigenvalue weighted by molar-refractivity contribution is 5.79. The molecule has 0 aromatic rings. The van der Waals surface area contributed by atoms with E-state index in [1.54, 1.807) is 7.11 Å². The van der Waals surface area contributed by atoms with Gasteiger partial charge in [-0.1, -0.05) is 6.42 Å². The molecule has 6 heteroatoms. The molecule has 6 nitrogen and oxygen atoms in total. The average Bonchev–Trinajstić information content (AvgIpc) is 3.35. The summed E-state index contributed by atoms with van der Waals surface area (Å²) in [5, 5.41) is 16.5. The summed E-state index contributed by atoms with van der Waals surface area (Å²) in [4.78, 5) is 4.74. The molecule has 0 aromatic carbocycles. The predicted molar refractivity (Wildman–Crippen MR) is 96.3 cm³/mol. The third-order valence-corrected chi connectivity index (χ3v) is 5.03. The number of guanidine groups is 1. The molecule has 2 aliphatic carbocycles. The quantitative estimate of drug-likeness (QED) is 0.371. The highest BCUT2D eigenvalue weighted by Gasteiger charge is 2.36. The lowest BCUT2D eigenvalue weighted by Crippen LogP contribution is -2.43. The van der Waals surface area contributed by atoms with E-state index in [0.29, 0.717) is 18.6 Å². The van der Waals surface area contributed by atoms with Crippen molar-refractivity contribution < 1.29 is 14.6 Å². The molecule has 2 fully saturated rings. The van der Waals surface area contributed by atoms with E-state index in [1.165, 1.54) is 32.1 Å². The van der Waals surface area contributed by atoms with Crippen molar-refractivity contribution in [3.05, 3.63) is 0 Å². The minimum absolute atomic E-state index is 0.310. The summed E-state index contributed by atoms with van der Waals surface area (Å²) in [5.74, 6) is 1.51. The molecule has 0 heterocycles. The summed E-state index contributed by atoms with van der Waals surface area (Å²) in [6.45, 7) is 6.12. The van der Waals surface area contributed by atoms with Gasteiger partial charge in [-0.15, -0.1) is 0 Å². The van der Waals surface area contributed by atoms with Gasteiger partial charge in [-0.3, -0.25) is 4.99 Å². The monoisotopic (exact) mass is 341 g/mol. The number of hydrogen-bond acceptors (Lipinski definition) is 4. The Balaban J connectivity index is 1.70. The molecular weight excluding hydrogens is 306 g/mol. The molecule has 0 bridgehead atoms. The first-order valence-electron chi connectivity index (χ1n) is 9.44. The van der Waals surface area contributed by atoms with Gasteiger partial charge in [0.1, 0.15) is 0 Å². The van der Waals surface area contributed by atoms with Gasteiger partial charge in [0.05, 0.1) is 12.7 Å². The second-order valence-electron chi connectivity index (χ2n) is 7.31. The normalized spacial score (nSPS) is 21.2. The van der Waals surface area contributed by atoms with Gasteiger partial charge in [-0.05, 0) is 50.4 Å². The van der Waals surface area contributed by atoms with E-state index in [0.717, 1.165) is 44.6 Å². The van der Waals surface area contributed by atoms with E-state index in [1.807, 2.05) is 0 Å². The average molecular weight is 341 g/mol. The van der Waals surface area contributed by atoms with Crippen molar-refractivity contribution in [2.24, 2.45) is 16.3 Å². The molecule has 0 spiro atoms. The summed E-state index contributed by atoms with van der Waals surface area (Å²) in [6, 6.07) is 0. The molecule has 0 aliphatic heterocycles. The Morgan fingerprint density at radius 1 is 1.33 bits per heavy atom. The zero-order valence-corrected chi connectivity index (χ0v) is 15.4. The molecule has 2 rings (SSSR count).